The lowest BCUT2D eigenvalue weighted by molar-refractivity contribution is -0.384. The number of benzene rings is 2. The van der Waals surface area contributed by atoms with E-state index in [0.29, 0.717) is 17.7 Å². The highest BCUT2D eigenvalue weighted by atomic mass is 19.4. The molecule has 0 saturated carbocycles. The molecule has 0 aliphatic carbocycles. The van der Waals surface area contributed by atoms with Crippen LogP contribution in [0.4, 0.5) is 24.5 Å². The number of nitrogens with zero attached hydrogens (tertiary/aromatic N) is 3. The number of rotatable bonds is 7. The van der Waals surface area contributed by atoms with Gasteiger partial charge in [-0.3, -0.25) is 14.9 Å². The topological polar surface area (TPSA) is 120 Å². The first kappa shape index (κ1) is 21.7. The van der Waals surface area contributed by atoms with Crippen molar-refractivity contribution < 1.29 is 32.0 Å². The maximum Gasteiger partial charge on any atom is 0.416 e. The van der Waals surface area contributed by atoms with Crippen molar-refractivity contribution in [2.24, 2.45) is 0 Å². The van der Waals surface area contributed by atoms with E-state index in [1.54, 1.807) is 24.3 Å². The van der Waals surface area contributed by atoms with Gasteiger partial charge in [-0.15, -0.1) is 10.2 Å². The van der Waals surface area contributed by atoms with Gasteiger partial charge in [0.1, 0.15) is 12.2 Å². The molecule has 1 aromatic heterocycles. The summed E-state index contributed by atoms with van der Waals surface area (Å²) in [4.78, 5) is 22.2. The van der Waals surface area contributed by atoms with Crippen LogP contribution in [0.5, 0.6) is 0 Å². The molecule has 162 valence electrons. The van der Waals surface area contributed by atoms with E-state index in [4.69, 9.17) is 9.15 Å². The molecule has 0 aliphatic rings. The van der Waals surface area contributed by atoms with E-state index in [2.05, 4.69) is 15.5 Å². The summed E-state index contributed by atoms with van der Waals surface area (Å²) in [6.07, 6.45) is -5.65. The lowest BCUT2D eigenvalue weighted by Crippen LogP contribution is -2.19. The van der Waals surface area contributed by atoms with Crippen molar-refractivity contribution in [3.8, 4) is 11.5 Å². The zero-order valence-corrected chi connectivity index (χ0v) is 15.9. The Morgan fingerprint density at radius 3 is 2.58 bits per heavy atom. The highest BCUT2D eigenvalue weighted by Crippen LogP contribution is 2.35. The maximum atomic E-state index is 12.8. The third-order valence-electron chi connectivity index (χ3n) is 4.06. The molecule has 9 nitrogen and oxygen atoms in total. The smallest absolute Gasteiger partial charge is 0.416 e. The maximum absolute atomic E-state index is 12.8. The minimum absolute atomic E-state index is 0.0349. The molecular formula is C19H15F3N4O5. The molecule has 0 fully saturated rings. The van der Waals surface area contributed by atoms with Gasteiger partial charge < -0.3 is 14.5 Å². The molecule has 1 heterocycles. The molecule has 0 saturated heterocycles. The van der Waals surface area contributed by atoms with Crippen LogP contribution in [0.25, 0.3) is 11.5 Å². The second-order valence-corrected chi connectivity index (χ2v) is 6.28. The first-order valence-electron chi connectivity index (χ1n) is 8.83. The van der Waals surface area contributed by atoms with Gasteiger partial charge >= 0.3 is 12.1 Å². The molecule has 1 N–H and O–H groups in total. The number of carbonyl (C=O) groups excluding carboxylic acids is 1. The van der Waals surface area contributed by atoms with Gasteiger partial charge in [-0.2, -0.15) is 13.2 Å². The number of aromatic nitrogens is 2. The number of nitro groups is 1. The van der Waals surface area contributed by atoms with Gasteiger partial charge in [0.25, 0.3) is 11.6 Å². The monoisotopic (exact) mass is 436 g/mol. The number of halogens is 3. The van der Waals surface area contributed by atoms with E-state index in [-0.39, 0.29) is 17.5 Å². The van der Waals surface area contributed by atoms with Crippen LogP contribution < -0.4 is 5.32 Å². The Balaban J connectivity index is 1.63. The van der Waals surface area contributed by atoms with Crippen LogP contribution in [0.1, 0.15) is 24.5 Å². The van der Waals surface area contributed by atoms with Crippen molar-refractivity contribution >= 4 is 17.3 Å². The molecular weight excluding hydrogens is 421 g/mol. The van der Waals surface area contributed by atoms with Crippen LogP contribution >= 0.6 is 0 Å². The Labute approximate surface area is 173 Å². The quantitative estimate of drug-likeness (QED) is 0.329. The summed E-state index contributed by atoms with van der Waals surface area (Å²) in [6.45, 7) is 0.955. The van der Waals surface area contributed by atoms with Crippen molar-refractivity contribution in [1.29, 1.82) is 0 Å². The Morgan fingerprint density at radius 1 is 1.23 bits per heavy atom. The molecule has 0 spiro atoms. The van der Waals surface area contributed by atoms with Crippen LogP contribution in [0.15, 0.2) is 52.9 Å². The van der Waals surface area contributed by atoms with Crippen molar-refractivity contribution in [2.45, 2.75) is 19.2 Å². The summed E-state index contributed by atoms with van der Waals surface area (Å²) in [5, 5.41) is 21.2. The van der Waals surface area contributed by atoms with E-state index in [1.807, 2.05) is 6.07 Å². The lowest BCUT2D eigenvalue weighted by atomic mass is 10.1. The van der Waals surface area contributed by atoms with Crippen molar-refractivity contribution in [1.82, 2.24) is 10.2 Å². The Hall–Kier alpha value is -3.96. The molecule has 31 heavy (non-hydrogen) atoms. The van der Waals surface area contributed by atoms with E-state index >= 15 is 0 Å². The standard InChI is InChI=1S/C19H15F3N4O5/c1-11(17-24-25-18(31-17)12-5-3-2-4-6-12)30-16(27)10-23-14-8-7-13(19(20,21)22)9-15(14)26(28)29/h2-9,11,23H,10H2,1H3. The first-order chi connectivity index (χ1) is 14.6. The fraction of sp³-hybridized carbons (Fsp3) is 0.211. The average molecular weight is 436 g/mol. The molecule has 0 radical (unpaired) electrons. The van der Waals surface area contributed by atoms with E-state index in [0.717, 1.165) is 6.07 Å². The number of nitrogens with one attached hydrogen (secondary N) is 1. The highest BCUT2D eigenvalue weighted by molar-refractivity contribution is 5.77. The SMILES string of the molecule is CC(OC(=O)CNc1ccc(C(F)(F)F)cc1[N+](=O)[O-])c1nnc(-c2ccccc2)o1. The minimum atomic E-state index is -4.74. The van der Waals surface area contributed by atoms with Gasteiger partial charge in [-0.25, -0.2) is 0 Å². The summed E-state index contributed by atoms with van der Waals surface area (Å²) in [7, 11) is 0. The van der Waals surface area contributed by atoms with Crippen LogP contribution in [-0.2, 0) is 15.7 Å². The van der Waals surface area contributed by atoms with E-state index in [9.17, 15) is 28.1 Å². The van der Waals surface area contributed by atoms with Crippen LogP contribution in [0, 0.1) is 10.1 Å². The molecule has 12 heteroatoms. The van der Waals surface area contributed by atoms with Crippen LogP contribution in [-0.4, -0.2) is 27.6 Å². The summed E-state index contributed by atoms with van der Waals surface area (Å²) in [6, 6.07) is 10.8. The predicted octanol–water partition coefficient (Wildman–Crippen LogP) is 4.38. The average Bonchev–Trinajstić information content (AvgIpc) is 3.22. The second-order valence-electron chi connectivity index (χ2n) is 6.28. The predicted molar refractivity (Wildman–Crippen MR) is 101 cm³/mol. The normalized spacial score (nSPS) is 12.3. The van der Waals surface area contributed by atoms with Crippen LogP contribution in [0.3, 0.4) is 0 Å². The van der Waals surface area contributed by atoms with E-state index < -0.39 is 41.0 Å². The third kappa shape index (κ3) is 5.35. The van der Waals surface area contributed by atoms with Crippen molar-refractivity contribution in [2.75, 3.05) is 11.9 Å². The summed E-state index contributed by atoms with van der Waals surface area (Å²) in [5.41, 5.74) is -1.57. The number of carbonyl (C=O) groups is 1. The Kier molecular flexibility index (Phi) is 6.18. The Bertz CT molecular complexity index is 1090. The number of alkyl halides is 3. The molecule has 2 aromatic carbocycles. The van der Waals surface area contributed by atoms with Gasteiger partial charge in [0.2, 0.25) is 5.89 Å². The molecule has 3 rings (SSSR count). The summed E-state index contributed by atoms with van der Waals surface area (Å²) >= 11 is 0. The van der Waals surface area contributed by atoms with Crippen molar-refractivity contribution in [3.05, 3.63) is 70.1 Å². The fourth-order valence-corrected chi connectivity index (χ4v) is 2.56. The molecule has 3 aromatic rings. The van der Waals surface area contributed by atoms with Crippen LogP contribution in [0.2, 0.25) is 0 Å². The lowest BCUT2D eigenvalue weighted by Gasteiger charge is -2.12. The first-order valence-corrected chi connectivity index (χ1v) is 8.83. The largest absolute Gasteiger partial charge is 0.451 e. The number of ether oxygens (including phenoxy) is 1. The van der Waals surface area contributed by atoms with Gasteiger partial charge in [-0.1, -0.05) is 18.2 Å². The number of hydrogen-bond acceptors (Lipinski definition) is 8. The number of esters is 1. The molecule has 0 bridgehead atoms. The molecule has 1 atom stereocenters. The second kappa shape index (κ2) is 8.81. The summed E-state index contributed by atoms with van der Waals surface area (Å²) < 4.78 is 48.9. The number of hydrogen-bond donors (Lipinski definition) is 1. The van der Waals surface area contributed by atoms with E-state index in [1.165, 1.54) is 6.92 Å². The fourth-order valence-electron chi connectivity index (χ4n) is 2.56. The van der Waals surface area contributed by atoms with Crippen molar-refractivity contribution in [3.63, 3.8) is 0 Å². The molecule has 1 unspecified atom stereocenters. The van der Waals surface area contributed by atoms with Gasteiger partial charge in [0.05, 0.1) is 10.5 Å². The van der Waals surface area contributed by atoms with Gasteiger partial charge in [0.15, 0.2) is 6.10 Å². The third-order valence-corrected chi connectivity index (χ3v) is 4.06. The highest BCUT2D eigenvalue weighted by Gasteiger charge is 2.33. The number of nitro benzene ring substituents is 1. The zero-order chi connectivity index (χ0) is 22.6. The molecule has 0 aliphatic heterocycles. The summed E-state index contributed by atoms with van der Waals surface area (Å²) in [5.74, 6) is -0.564. The zero-order valence-electron chi connectivity index (χ0n) is 15.9. The Morgan fingerprint density at radius 2 is 1.94 bits per heavy atom. The number of anilines is 1. The minimum Gasteiger partial charge on any atom is -0.451 e. The van der Waals surface area contributed by atoms with Gasteiger partial charge in [0, 0.05) is 11.6 Å². The van der Waals surface area contributed by atoms with Gasteiger partial charge in [-0.05, 0) is 31.2 Å². The molecule has 0 amide bonds.